The number of unbranched alkanes of at least 4 members (excludes halogenated alkanes) is 5. The van der Waals surface area contributed by atoms with Gasteiger partial charge in [-0.3, -0.25) is 4.79 Å². The van der Waals surface area contributed by atoms with Crippen LogP contribution in [0, 0.1) is 0 Å². The van der Waals surface area contributed by atoms with Gasteiger partial charge in [0.05, 0.1) is 7.11 Å². The lowest BCUT2D eigenvalue weighted by atomic mass is 10.0. The zero-order valence-electron chi connectivity index (χ0n) is 12.2. The largest absolute Gasteiger partial charge is 0.468 e. The van der Waals surface area contributed by atoms with Crippen LogP contribution in [0.3, 0.4) is 0 Å². The molecule has 2 N–H and O–H groups in total. The molecule has 4 heteroatoms. The summed E-state index contributed by atoms with van der Waals surface area (Å²) in [7, 11) is 1.35. The van der Waals surface area contributed by atoms with Crippen molar-refractivity contribution in [1.29, 1.82) is 0 Å². The number of nitrogens with two attached hydrogens (primary N) is 1. The molecule has 0 heterocycles. The predicted molar refractivity (Wildman–Crippen MR) is 73.4 cm³/mol. The van der Waals surface area contributed by atoms with E-state index in [0.717, 1.165) is 13.0 Å². The molecule has 0 aliphatic rings. The number of ether oxygens (including phenoxy) is 2. The molecule has 0 aliphatic carbocycles. The van der Waals surface area contributed by atoms with Crippen molar-refractivity contribution in [1.82, 2.24) is 0 Å². The number of esters is 1. The van der Waals surface area contributed by atoms with Crippen molar-refractivity contribution in [2.75, 3.05) is 20.3 Å². The van der Waals surface area contributed by atoms with Gasteiger partial charge in [0.15, 0.2) is 0 Å². The maximum atomic E-state index is 11.3. The monoisotopic (exact) mass is 259 g/mol. The predicted octanol–water partition coefficient (Wildman–Crippen LogP) is 2.64. The van der Waals surface area contributed by atoms with Crippen LogP contribution in [0.4, 0.5) is 0 Å². The van der Waals surface area contributed by atoms with Gasteiger partial charge in [-0.05, 0) is 19.8 Å². The summed E-state index contributed by atoms with van der Waals surface area (Å²) in [4.78, 5) is 11.3. The van der Waals surface area contributed by atoms with E-state index in [-0.39, 0.29) is 5.97 Å². The summed E-state index contributed by atoms with van der Waals surface area (Å²) in [5, 5.41) is 0. The van der Waals surface area contributed by atoms with E-state index < -0.39 is 5.54 Å². The number of methoxy groups -OCH3 is 1. The molecule has 0 saturated heterocycles. The molecule has 0 aromatic rings. The van der Waals surface area contributed by atoms with Crippen LogP contribution in [0.1, 0.15) is 58.8 Å². The van der Waals surface area contributed by atoms with Crippen LogP contribution in [0.5, 0.6) is 0 Å². The van der Waals surface area contributed by atoms with Gasteiger partial charge in [0.2, 0.25) is 0 Å². The highest BCUT2D eigenvalue weighted by Crippen LogP contribution is 2.09. The summed E-state index contributed by atoms with van der Waals surface area (Å²) in [6, 6.07) is 0. The maximum Gasteiger partial charge on any atom is 0.325 e. The second-order valence-electron chi connectivity index (χ2n) is 5.04. The molecule has 0 rings (SSSR count). The fourth-order valence-corrected chi connectivity index (χ4v) is 1.71. The standard InChI is InChI=1S/C14H29NO3/c1-4-5-6-7-8-9-11-18-12-10-14(2,15)13(16)17-3/h4-12,15H2,1-3H3. The molecule has 0 spiro atoms. The third kappa shape index (κ3) is 8.48. The molecule has 0 amide bonds. The van der Waals surface area contributed by atoms with E-state index in [4.69, 9.17) is 10.5 Å². The fraction of sp³-hybridized carbons (Fsp3) is 0.929. The Morgan fingerprint density at radius 3 is 2.33 bits per heavy atom. The van der Waals surface area contributed by atoms with Gasteiger partial charge < -0.3 is 15.2 Å². The summed E-state index contributed by atoms with van der Waals surface area (Å²) in [6.07, 6.45) is 8.01. The second-order valence-corrected chi connectivity index (χ2v) is 5.04. The SMILES string of the molecule is CCCCCCCCOCCC(C)(N)C(=O)OC. The van der Waals surface area contributed by atoms with E-state index in [0.29, 0.717) is 13.0 Å². The zero-order valence-corrected chi connectivity index (χ0v) is 12.2. The lowest BCUT2D eigenvalue weighted by molar-refractivity contribution is -0.147. The minimum absolute atomic E-state index is 0.384. The number of carbonyl (C=O) groups is 1. The van der Waals surface area contributed by atoms with Crippen LogP contribution in [0.25, 0.3) is 0 Å². The Balaban J connectivity index is 3.37. The molecule has 1 atom stereocenters. The van der Waals surface area contributed by atoms with Gasteiger partial charge in [0.1, 0.15) is 5.54 Å². The summed E-state index contributed by atoms with van der Waals surface area (Å²) in [5.74, 6) is -0.384. The molecule has 4 nitrogen and oxygen atoms in total. The van der Waals surface area contributed by atoms with Crippen LogP contribution in [0.15, 0.2) is 0 Å². The van der Waals surface area contributed by atoms with Crippen molar-refractivity contribution in [3.05, 3.63) is 0 Å². The summed E-state index contributed by atoms with van der Waals surface area (Å²) in [6.45, 7) is 5.15. The molecule has 0 radical (unpaired) electrons. The van der Waals surface area contributed by atoms with Gasteiger partial charge >= 0.3 is 5.97 Å². The highest BCUT2D eigenvalue weighted by molar-refractivity contribution is 5.79. The molecule has 108 valence electrons. The number of hydrogen-bond acceptors (Lipinski definition) is 4. The highest BCUT2D eigenvalue weighted by atomic mass is 16.5. The zero-order chi connectivity index (χ0) is 13.9. The van der Waals surface area contributed by atoms with Crippen LogP contribution in [-0.4, -0.2) is 31.8 Å². The van der Waals surface area contributed by atoms with Gasteiger partial charge in [-0.15, -0.1) is 0 Å². The van der Waals surface area contributed by atoms with Crippen molar-refractivity contribution in [3.63, 3.8) is 0 Å². The number of rotatable bonds is 11. The van der Waals surface area contributed by atoms with E-state index in [2.05, 4.69) is 11.7 Å². The topological polar surface area (TPSA) is 61.5 Å². The molecule has 0 aromatic carbocycles. The molecule has 0 aromatic heterocycles. The van der Waals surface area contributed by atoms with Gasteiger partial charge in [-0.2, -0.15) is 0 Å². The second kappa shape index (κ2) is 10.3. The smallest absolute Gasteiger partial charge is 0.325 e. The van der Waals surface area contributed by atoms with Crippen molar-refractivity contribution < 1.29 is 14.3 Å². The maximum absolute atomic E-state index is 11.3. The first-order valence-corrected chi connectivity index (χ1v) is 6.99. The van der Waals surface area contributed by atoms with Crippen LogP contribution in [-0.2, 0) is 14.3 Å². The Labute approximate surface area is 111 Å². The lowest BCUT2D eigenvalue weighted by Crippen LogP contribution is -2.46. The summed E-state index contributed by atoms with van der Waals surface area (Å²) >= 11 is 0. The van der Waals surface area contributed by atoms with Gasteiger partial charge in [0.25, 0.3) is 0 Å². The molecule has 0 bridgehead atoms. The minimum Gasteiger partial charge on any atom is -0.468 e. The van der Waals surface area contributed by atoms with Crippen LogP contribution < -0.4 is 5.73 Å². The van der Waals surface area contributed by atoms with Gasteiger partial charge in [0, 0.05) is 13.2 Å². The Hall–Kier alpha value is -0.610. The van der Waals surface area contributed by atoms with Gasteiger partial charge in [-0.25, -0.2) is 0 Å². The van der Waals surface area contributed by atoms with Crippen LogP contribution >= 0.6 is 0 Å². The van der Waals surface area contributed by atoms with Crippen molar-refractivity contribution in [2.24, 2.45) is 5.73 Å². The summed E-state index contributed by atoms with van der Waals surface area (Å²) in [5.41, 5.74) is 4.88. The molecule has 0 aliphatic heterocycles. The molecule has 0 saturated carbocycles. The quantitative estimate of drug-likeness (QED) is 0.458. The molecule has 1 unspecified atom stereocenters. The van der Waals surface area contributed by atoms with Crippen molar-refractivity contribution in [2.45, 2.75) is 64.3 Å². The Morgan fingerprint density at radius 1 is 1.11 bits per heavy atom. The fourth-order valence-electron chi connectivity index (χ4n) is 1.71. The minimum atomic E-state index is -0.935. The van der Waals surface area contributed by atoms with E-state index in [1.807, 2.05) is 0 Å². The molecular weight excluding hydrogens is 230 g/mol. The Bertz CT molecular complexity index is 217. The van der Waals surface area contributed by atoms with E-state index in [9.17, 15) is 4.79 Å². The average molecular weight is 259 g/mol. The lowest BCUT2D eigenvalue weighted by Gasteiger charge is -2.20. The Morgan fingerprint density at radius 2 is 1.72 bits per heavy atom. The van der Waals surface area contributed by atoms with Crippen molar-refractivity contribution >= 4 is 5.97 Å². The third-order valence-electron chi connectivity index (χ3n) is 3.06. The van der Waals surface area contributed by atoms with Gasteiger partial charge in [-0.1, -0.05) is 39.0 Å². The first kappa shape index (κ1) is 17.4. The Kier molecular flexibility index (Phi) is 9.98. The molecule has 0 fully saturated rings. The highest BCUT2D eigenvalue weighted by Gasteiger charge is 2.28. The van der Waals surface area contributed by atoms with Crippen LogP contribution in [0.2, 0.25) is 0 Å². The normalized spacial score (nSPS) is 14.2. The van der Waals surface area contributed by atoms with E-state index in [1.165, 1.54) is 39.2 Å². The average Bonchev–Trinajstić information content (AvgIpc) is 2.35. The van der Waals surface area contributed by atoms with E-state index in [1.54, 1.807) is 6.92 Å². The number of carbonyl (C=O) groups excluding carboxylic acids is 1. The number of hydrogen-bond donors (Lipinski definition) is 1. The first-order valence-electron chi connectivity index (χ1n) is 6.99. The van der Waals surface area contributed by atoms with Crippen molar-refractivity contribution in [3.8, 4) is 0 Å². The molecular formula is C14H29NO3. The first-order chi connectivity index (χ1) is 8.54. The third-order valence-corrected chi connectivity index (χ3v) is 3.06. The summed E-state index contributed by atoms with van der Waals surface area (Å²) < 4.78 is 10.1. The molecule has 18 heavy (non-hydrogen) atoms. The van der Waals surface area contributed by atoms with E-state index >= 15 is 0 Å².